The molecular weight excluding hydrogens is 1010 g/mol. The lowest BCUT2D eigenvalue weighted by atomic mass is 10.1. The summed E-state index contributed by atoms with van der Waals surface area (Å²) in [4.78, 5) is 12.0. The minimum Gasteiger partial charge on any atom is -0.537 e. The number of rotatable bonds is 10. The van der Waals surface area contributed by atoms with E-state index < -0.39 is 0 Å². The normalized spacial score (nSPS) is 9.66. The number of aromatic hydroxyl groups is 1. The van der Waals surface area contributed by atoms with Crippen LogP contribution in [0.2, 0.25) is 15.5 Å². The molecule has 2 N–H and O–H groups in total. The molecule has 1 radical (unpaired) electrons. The molecule has 11 nitrogen and oxygen atoms in total. The first-order valence-electron chi connectivity index (χ1n) is 14.3. The standard InChI is InChI=1S/C13H11ClFNO2.C7H7ClINO2.C6H5BFO2.C5H3ClINO.C2H5ClO/c1-17-8-18-11-6-7-12(14)16-13(11)9-2-4-10(15)5-3-9;1-11-4-12-5-2-3-6(8)10-7(5)9;8-5-1-3-6(4-2-5)10-7-9;6-4-2-1-3(9)5(7)8-4;1-4-2-3/h2-7H,8H2,1H3;2-3H,4H2,1H3;1-4,9H;1-2,9H;2H2,1H3. The maximum Gasteiger partial charge on any atom is 0.569 e. The van der Waals surface area contributed by atoms with E-state index in [0.717, 1.165) is 9.26 Å². The molecule has 285 valence electrons. The molecule has 20 heteroatoms. The van der Waals surface area contributed by atoms with Gasteiger partial charge < -0.3 is 38.5 Å². The summed E-state index contributed by atoms with van der Waals surface area (Å²) in [6.07, 6.45) is 0. The highest BCUT2D eigenvalue weighted by Crippen LogP contribution is 2.30. The van der Waals surface area contributed by atoms with Gasteiger partial charge in [0, 0.05) is 26.9 Å². The molecule has 0 saturated heterocycles. The minimum atomic E-state index is -0.328. The number of methoxy groups -OCH3 is 3. The van der Waals surface area contributed by atoms with Crippen molar-refractivity contribution in [2.24, 2.45) is 0 Å². The van der Waals surface area contributed by atoms with Crippen molar-refractivity contribution in [1.82, 2.24) is 15.0 Å². The molecule has 0 amide bonds. The quantitative estimate of drug-likeness (QED) is 0.0456. The molecular formula is C33H31BCl4F2I2N3O8. The summed E-state index contributed by atoms with van der Waals surface area (Å²) in [5.74, 6) is 1.16. The zero-order chi connectivity index (χ0) is 39.6. The highest BCUT2D eigenvalue weighted by molar-refractivity contribution is 14.1. The Hall–Kier alpha value is -2.53. The largest absolute Gasteiger partial charge is 0.569 e. The number of alkyl halides is 1. The molecule has 0 spiro atoms. The molecule has 0 saturated carbocycles. The van der Waals surface area contributed by atoms with E-state index in [9.17, 15) is 8.78 Å². The van der Waals surface area contributed by atoms with Crippen LogP contribution in [0.15, 0.2) is 84.9 Å². The third-order valence-corrected chi connectivity index (χ3v) is 7.71. The molecule has 0 unspecified atom stereocenters. The topological polar surface area (TPSA) is 135 Å². The SMILES string of the molecule is COCCl.COCOc1ccc(Cl)nc1-c1ccc(F)cc1.COCOc1ccc(Cl)nc1I.O[B]Oc1ccc(F)cc1.Oc1ccc(Cl)nc1I. The predicted octanol–water partition coefficient (Wildman–Crippen LogP) is 9.45. The third kappa shape index (κ3) is 21.2. The van der Waals surface area contributed by atoms with Crippen molar-refractivity contribution < 1.29 is 47.3 Å². The molecule has 5 rings (SSSR count). The highest BCUT2D eigenvalue weighted by Gasteiger charge is 2.09. The van der Waals surface area contributed by atoms with Crippen molar-refractivity contribution in [3.05, 3.63) is 119 Å². The number of hydrogen-bond donors (Lipinski definition) is 2. The Bertz CT molecular complexity index is 1760. The Morgan fingerprint density at radius 1 is 0.642 bits per heavy atom. The van der Waals surface area contributed by atoms with Gasteiger partial charge in [0.1, 0.15) is 63.5 Å². The Morgan fingerprint density at radius 2 is 1.09 bits per heavy atom. The van der Waals surface area contributed by atoms with Gasteiger partial charge in [0.15, 0.2) is 19.3 Å². The zero-order valence-electron chi connectivity index (χ0n) is 28.0. The van der Waals surface area contributed by atoms with Crippen molar-refractivity contribution in [1.29, 1.82) is 0 Å². The van der Waals surface area contributed by atoms with Crippen LogP contribution in [0.3, 0.4) is 0 Å². The van der Waals surface area contributed by atoms with Gasteiger partial charge in [-0.2, -0.15) is 0 Å². The number of pyridine rings is 3. The molecule has 0 aliphatic carbocycles. The van der Waals surface area contributed by atoms with Crippen molar-refractivity contribution in [3.8, 4) is 34.3 Å². The van der Waals surface area contributed by atoms with E-state index in [-0.39, 0.29) is 31.0 Å². The summed E-state index contributed by atoms with van der Waals surface area (Å²) in [6.45, 7) is 0.330. The average Bonchev–Trinajstić information content (AvgIpc) is 3.15. The number of nitrogens with zero attached hydrogens (tertiary/aromatic N) is 3. The average molecular weight is 1040 g/mol. The highest BCUT2D eigenvalue weighted by atomic mass is 127. The van der Waals surface area contributed by atoms with Crippen LogP contribution in [-0.4, -0.2) is 73.7 Å². The first kappa shape index (κ1) is 48.5. The number of benzene rings is 2. The fourth-order valence-corrected chi connectivity index (χ4v) is 4.85. The molecule has 0 aliphatic rings. The predicted molar refractivity (Wildman–Crippen MR) is 218 cm³/mol. The van der Waals surface area contributed by atoms with E-state index in [0.29, 0.717) is 55.9 Å². The van der Waals surface area contributed by atoms with Gasteiger partial charge >= 0.3 is 7.69 Å². The lowest BCUT2D eigenvalue weighted by Gasteiger charge is -2.10. The molecule has 0 fully saturated rings. The van der Waals surface area contributed by atoms with E-state index in [1.54, 1.807) is 56.7 Å². The van der Waals surface area contributed by atoms with Gasteiger partial charge in [-0.05, 0) is 130 Å². The van der Waals surface area contributed by atoms with Crippen LogP contribution in [0.1, 0.15) is 0 Å². The lowest BCUT2D eigenvalue weighted by molar-refractivity contribution is 0.0501. The number of aromatic nitrogens is 3. The second kappa shape index (κ2) is 28.9. The third-order valence-electron chi connectivity index (χ3n) is 5.29. The first-order valence-corrected chi connectivity index (χ1v) is 18.1. The molecule has 0 atom stereocenters. The monoisotopic (exact) mass is 1040 g/mol. The van der Waals surface area contributed by atoms with Gasteiger partial charge in [0.2, 0.25) is 0 Å². The second-order valence-corrected chi connectivity index (χ2v) is 12.5. The van der Waals surface area contributed by atoms with Crippen LogP contribution in [0.5, 0.6) is 23.0 Å². The van der Waals surface area contributed by atoms with Gasteiger partial charge in [-0.25, -0.2) is 23.7 Å². The molecule has 3 heterocycles. The molecule has 2 aromatic carbocycles. The van der Waals surface area contributed by atoms with Crippen LogP contribution in [-0.2, 0) is 14.2 Å². The minimum absolute atomic E-state index is 0.109. The van der Waals surface area contributed by atoms with Gasteiger partial charge in [-0.1, -0.05) is 46.4 Å². The lowest BCUT2D eigenvalue weighted by Crippen LogP contribution is -2.01. The fraction of sp³-hybridized carbons (Fsp3) is 0.182. The molecule has 3 aromatic heterocycles. The van der Waals surface area contributed by atoms with E-state index in [4.69, 9.17) is 75.5 Å². The summed E-state index contributed by atoms with van der Waals surface area (Å²) in [5.41, 5.74) is 1.28. The van der Waals surface area contributed by atoms with E-state index in [2.05, 4.69) is 24.3 Å². The molecule has 5 aromatic rings. The van der Waals surface area contributed by atoms with Gasteiger partial charge in [-0.3, -0.25) is 0 Å². The van der Waals surface area contributed by atoms with Crippen LogP contribution in [0.4, 0.5) is 8.78 Å². The van der Waals surface area contributed by atoms with E-state index in [1.165, 1.54) is 49.6 Å². The van der Waals surface area contributed by atoms with Crippen molar-refractivity contribution in [2.75, 3.05) is 41.0 Å². The Kier molecular flexibility index (Phi) is 26.4. The van der Waals surface area contributed by atoms with Crippen LogP contribution < -0.4 is 14.1 Å². The molecule has 0 bridgehead atoms. The van der Waals surface area contributed by atoms with Gasteiger partial charge in [0.05, 0.1) is 0 Å². The maximum atomic E-state index is 12.9. The Morgan fingerprint density at radius 3 is 1.55 bits per heavy atom. The van der Waals surface area contributed by atoms with Crippen molar-refractivity contribution in [3.63, 3.8) is 0 Å². The van der Waals surface area contributed by atoms with Gasteiger partial charge in [0.25, 0.3) is 0 Å². The molecule has 0 aliphatic heterocycles. The summed E-state index contributed by atoms with van der Waals surface area (Å²) in [6, 6.07) is 21.4. The van der Waals surface area contributed by atoms with Crippen LogP contribution >= 0.6 is 91.6 Å². The zero-order valence-corrected chi connectivity index (χ0v) is 35.3. The fourth-order valence-electron chi connectivity index (χ4n) is 3.08. The van der Waals surface area contributed by atoms with Crippen LogP contribution in [0.25, 0.3) is 11.3 Å². The van der Waals surface area contributed by atoms with Crippen molar-refractivity contribution in [2.45, 2.75) is 0 Å². The smallest absolute Gasteiger partial charge is 0.537 e. The first-order chi connectivity index (χ1) is 25.4. The summed E-state index contributed by atoms with van der Waals surface area (Å²) >= 11 is 25.9. The molecule has 53 heavy (non-hydrogen) atoms. The Balaban J connectivity index is 0.000000353. The van der Waals surface area contributed by atoms with E-state index >= 15 is 0 Å². The number of hydrogen-bond acceptors (Lipinski definition) is 11. The maximum absolute atomic E-state index is 12.9. The van der Waals surface area contributed by atoms with E-state index in [1.807, 2.05) is 45.2 Å². The second-order valence-electron chi connectivity index (χ2n) is 9.03. The number of ether oxygens (including phenoxy) is 5. The summed E-state index contributed by atoms with van der Waals surface area (Å²) in [7, 11) is 5.19. The van der Waals surface area contributed by atoms with Crippen LogP contribution in [0, 0.1) is 19.0 Å². The van der Waals surface area contributed by atoms with Gasteiger partial charge in [-0.15, -0.1) is 0 Å². The number of halogens is 8. The summed E-state index contributed by atoms with van der Waals surface area (Å²) < 4.78 is 55.3. The Labute approximate surface area is 353 Å². The summed E-state index contributed by atoms with van der Waals surface area (Å²) in [5, 5.41) is 18.3. The van der Waals surface area contributed by atoms with Crippen molar-refractivity contribution >= 4 is 99.3 Å².